The Bertz CT molecular complexity index is 580. The van der Waals surface area contributed by atoms with Gasteiger partial charge in [-0.3, -0.25) is 15.5 Å². The van der Waals surface area contributed by atoms with Gasteiger partial charge in [-0.1, -0.05) is 0 Å². The molecule has 1 heterocycles. The number of carbonyl (C=O) groups is 1. The lowest BCUT2D eigenvalue weighted by molar-refractivity contribution is -0.124. The van der Waals surface area contributed by atoms with Crippen molar-refractivity contribution < 1.29 is 13.9 Å². The molecule has 0 aromatic carbocycles. The van der Waals surface area contributed by atoms with Crippen LogP contribution in [0.15, 0.2) is 4.99 Å². The van der Waals surface area contributed by atoms with Crippen LogP contribution in [0.5, 0.6) is 0 Å². The number of rotatable bonds is 6. The zero-order valence-electron chi connectivity index (χ0n) is 18.1. The van der Waals surface area contributed by atoms with E-state index in [0.717, 1.165) is 32.1 Å². The third kappa shape index (κ3) is 7.04. The normalized spacial score (nSPS) is 36.3. The number of methoxy groups -OCH3 is 1. The Balaban J connectivity index is 1.58. The number of amides is 1. The van der Waals surface area contributed by atoms with E-state index in [1.54, 1.807) is 7.11 Å². The van der Waals surface area contributed by atoms with Crippen LogP contribution in [0.3, 0.4) is 0 Å². The summed E-state index contributed by atoms with van der Waals surface area (Å²) in [5.74, 6) is 0.814. The molecule has 0 bridgehead atoms. The molecule has 3 aliphatic rings. The van der Waals surface area contributed by atoms with Crippen molar-refractivity contribution in [3.63, 3.8) is 0 Å². The molecule has 2 saturated carbocycles. The van der Waals surface area contributed by atoms with E-state index >= 15 is 0 Å². The number of aliphatic imine (C=N–C) groups is 1. The maximum atomic E-state index is 13.4. The Morgan fingerprint density at radius 1 is 1.17 bits per heavy atom. The molecule has 30 heavy (non-hydrogen) atoms. The van der Waals surface area contributed by atoms with Gasteiger partial charge in [-0.2, -0.15) is 0 Å². The van der Waals surface area contributed by atoms with Gasteiger partial charge < -0.3 is 10.1 Å². The predicted molar refractivity (Wildman–Crippen MR) is 117 cm³/mol. The molecular formula is C21H37ClFN5O2. The Hall–Kier alpha value is -0.960. The van der Waals surface area contributed by atoms with Crippen LogP contribution in [-0.2, 0) is 9.53 Å². The van der Waals surface area contributed by atoms with Crippen LogP contribution in [0.2, 0.25) is 0 Å². The lowest BCUT2D eigenvalue weighted by Crippen LogP contribution is -2.49. The molecule has 0 aromatic rings. The SMILES string of the molecule is COC[C@H](C)N/C(=N\C1CC(C2CCC(Cl)CC2)NN1)NC(=O)C1CCC(F)CC1. The summed E-state index contributed by atoms with van der Waals surface area (Å²) in [6, 6.07) is 0.357. The van der Waals surface area contributed by atoms with Gasteiger partial charge in [-0.05, 0) is 64.2 Å². The summed E-state index contributed by atoms with van der Waals surface area (Å²) >= 11 is 6.24. The fourth-order valence-corrected chi connectivity index (χ4v) is 5.01. The van der Waals surface area contributed by atoms with E-state index in [1.165, 1.54) is 0 Å². The van der Waals surface area contributed by atoms with E-state index in [4.69, 9.17) is 21.3 Å². The van der Waals surface area contributed by atoms with Crippen molar-refractivity contribution in [1.82, 2.24) is 21.5 Å². The average Bonchev–Trinajstić information content (AvgIpc) is 3.17. The molecule has 0 spiro atoms. The van der Waals surface area contributed by atoms with Crippen molar-refractivity contribution in [1.29, 1.82) is 0 Å². The minimum Gasteiger partial charge on any atom is -0.383 e. The first-order chi connectivity index (χ1) is 14.4. The van der Waals surface area contributed by atoms with Crippen LogP contribution >= 0.6 is 11.6 Å². The van der Waals surface area contributed by atoms with Gasteiger partial charge in [0.1, 0.15) is 12.3 Å². The number of nitrogens with zero attached hydrogens (tertiary/aromatic N) is 1. The van der Waals surface area contributed by atoms with Gasteiger partial charge in [0.2, 0.25) is 5.91 Å². The smallest absolute Gasteiger partial charge is 0.229 e. The first-order valence-electron chi connectivity index (χ1n) is 11.4. The second-order valence-corrected chi connectivity index (χ2v) is 9.69. The highest BCUT2D eigenvalue weighted by Crippen LogP contribution is 2.32. The molecule has 3 atom stereocenters. The van der Waals surface area contributed by atoms with Crippen molar-refractivity contribution in [2.75, 3.05) is 13.7 Å². The lowest BCUT2D eigenvalue weighted by atomic mass is 9.83. The molecule has 9 heteroatoms. The van der Waals surface area contributed by atoms with Gasteiger partial charge in [-0.15, -0.1) is 11.6 Å². The molecule has 1 amide bonds. The van der Waals surface area contributed by atoms with E-state index in [9.17, 15) is 9.18 Å². The molecular weight excluding hydrogens is 409 g/mol. The number of hydrogen-bond acceptors (Lipinski definition) is 5. The fraction of sp³-hybridized carbons (Fsp3) is 0.905. The van der Waals surface area contributed by atoms with Crippen LogP contribution in [0.1, 0.15) is 64.7 Å². The van der Waals surface area contributed by atoms with Crippen molar-refractivity contribution >= 4 is 23.5 Å². The molecule has 3 rings (SSSR count). The molecule has 0 aromatic heterocycles. The summed E-state index contributed by atoms with van der Waals surface area (Å²) < 4.78 is 18.6. The van der Waals surface area contributed by atoms with Gasteiger partial charge in [0, 0.05) is 36.9 Å². The number of guanidine groups is 1. The van der Waals surface area contributed by atoms with Crippen LogP contribution in [0, 0.1) is 11.8 Å². The highest BCUT2D eigenvalue weighted by Gasteiger charge is 2.33. The number of alkyl halides is 2. The zero-order chi connectivity index (χ0) is 21.5. The maximum Gasteiger partial charge on any atom is 0.229 e. The topological polar surface area (TPSA) is 86.8 Å². The molecule has 4 N–H and O–H groups in total. The molecule has 1 saturated heterocycles. The first-order valence-corrected chi connectivity index (χ1v) is 11.8. The van der Waals surface area contributed by atoms with Gasteiger partial charge in [-0.25, -0.2) is 14.8 Å². The van der Waals surface area contributed by atoms with Gasteiger partial charge in [0.25, 0.3) is 0 Å². The van der Waals surface area contributed by atoms with Crippen LogP contribution < -0.4 is 21.5 Å². The van der Waals surface area contributed by atoms with Gasteiger partial charge in [0.15, 0.2) is 5.96 Å². The minimum atomic E-state index is -0.776. The third-order valence-corrected chi connectivity index (χ3v) is 6.97. The molecule has 2 aliphatic carbocycles. The quantitative estimate of drug-likeness (QED) is 0.287. The highest BCUT2D eigenvalue weighted by molar-refractivity contribution is 6.20. The molecule has 3 fully saturated rings. The molecule has 1 aliphatic heterocycles. The van der Waals surface area contributed by atoms with Crippen LogP contribution in [0.4, 0.5) is 4.39 Å². The highest BCUT2D eigenvalue weighted by atomic mass is 35.5. The van der Waals surface area contributed by atoms with Gasteiger partial charge in [0.05, 0.1) is 6.61 Å². The molecule has 7 nitrogen and oxygen atoms in total. The lowest BCUT2D eigenvalue weighted by Gasteiger charge is -2.29. The summed E-state index contributed by atoms with van der Waals surface area (Å²) in [6.45, 7) is 2.48. The van der Waals surface area contributed by atoms with Crippen molar-refractivity contribution in [3.8, 4) is 0 Å². The van der Waals surface area contributed by atoms with Crippen LogP contribution in [0.25, 0.3) is 0 Å². The number of hydrogen-bond donors (Lipinski definition) is 4. The summed E-state index contributed by atoms with van der Waals surface area (Å²) in [4.78, 5) is 17.5. The molecule has 2 unspecified atom stereocenters. The minimum absolute atomic E-state index is 0.000198. The molecule has 0 radical (unpaired) electrons. The van der Waals surface area contributed by atoms with Crippen LogP contribution in [-0.4, -0.2) is 55.4 Å². The molecule has 172 valence electrons. The summed E-state index contributed by atoms with van der Waals surface area (Å²) in [6.07, 6.45) is 6.45. The zero-order valence-corrected chi connectivity index (χ0v) is 18.9. The number of nitrogens with one attached hydrogen (secondary N) is 4. The standard InChI is InChI=1S/C21H37ClFN5O2/c1-13(12-30-2)24-21(26-20(29)15-5-9-17(23)10-6-15)25-19-11-18(27-28-19)14-3-7-16(22)8-4-14/h13-19,27-28H,3-12H2,1-2H3,(H2,24,25,26,29)/t13-,14?,15?,16?,17?,18?,19?/m0/s1. The third-order valence-electron chi connectivity index (χ3n) is 6.54. The van der Waals surface area contributed by atoms with E-state index in [1.807, 2.05) is 6.92 Å². The summed E-state index contributed by atoms with van der Waals surface area (Å²) in [5, 5.41) is 6.52. The summed E-state index contributed by atoms with van der Waals surface area (Å²) in [5.41, 5.74) is 6.66. The predicted octanol–water partition coefficient (Wildman–Crippen LogP) is 2.60. The average molecular weight is 446 g/mol. The van der Waals surface area contributed by atoms with E-state index < -0.39 is 6.17 Å². The number of halogens is 2. The van der Waals surface area contributed by atoms with E-state index in [0.29, 0.717) is 55.6 Å². The monoisotopic (exact) mass is 445 g/mol. The second-order valence-electron chi connectivity index (χ2n) is 9.08. The van der Waals surface area contributed by atoms with Crippen molar-refractivity contribution in [3.05, 3.63) is 0 Å². The Kier molecular flexibility index (Phi) is 9.16. The van der Waals surface area contributed by atoms with Crippen molar-refractivity contribution in [2.24, 2.45) is 16.8 Å². The summed E-state index contributed by atoms with van der Waals surface area (Å²) in [7, 11) is 1.64. The number of ether oxygens (including phenoxy) is 1. The number of carbonyl (C=O) groups excluding carboxylic acids is 1. The Morgan fingerprint density at radius 3 is 2.53 bits per heavy atom. The van der Waals surface area contributed by atoms with E-state index in [2.05, 4.69) is 21.5 Å². The first kappa shape index (κ1) is 23.7. The second kappa shape index (κ2) is 11.6. The number of hydrazine groups is 1. The maximum absolute atomic E-state index is 13.4. The largest absolute Gasteiger partial charge is 0.383 e. The van der Waals surface area contributed by atoms with E-state index in [-0.39, 0.29) is 24.0 Å². The Morgan fingerprint density at radius 2 is 1.87 bits per heavy atom. The fourth-order valence-electron chi connectivity index (χ4n) is 4.76. The van der Waals surface area contributed by atoms with Gasteiger partial charge >= 0.3 is 0 Å². The Labute approximate surface area is 184 Å². The van der Waals surface area contributed by atoms with Crippen molar-refractivity contribution in [2.45, 2.75) is 94.5 Å².